The van der Waals surface area contributed by atoms with Crippen molar-refractivity contribution in [3.05, 3.63) is 17.5 Å². The van der Waals surface area contributed by atoms with Gasteiger partial charge < -0.3 is 5.73 Å². The summed E-state index contributed by atoms with van der Waals surface area (Å²) in [4.78, 5) is 0. The molecule has 3 nitrogen and oxygen atoms in total. The van der Waals surface area contributed by atoms with Crippen LogP contribution < -0.4 is 5.73 Å². The summed E-state index contributed by atoms with van der Waals surface area (Å²) in [5.74, 6) is 2.19. The highest BCUT2D eigenvalue weighted by atomic mass is 19.4. The van der Waals surface area contributed by atoms with Crippen molar-refractivity contribution < 1.29 is 13.2 Å². The highest BCUT2D eigenvalue weighted by Gasteiger charge is 2.36. The summed E-state index contributed by atoms with van der Waals surface area (Å²) >= 11 is 0. The van der Waals surface area contributed by atoms with Gasteiger partial charge in [-0.3, -0.25) is 4.68 Å². The number of hydrogen-bond acceptors (Lipinski definition) is 2. The molecule has 76 valence electrons. The van der Waals surface area contributed by atoms with Gasteiger partial charge in [0.15, 0.2) is 5.69 Å². The molecule has 0 spiro atoms. The van der Waals surface area contributed by atoms with Crippen molar-refractivity contribution in [3.8, 4) is 12.3 Å². The molecular formula is C8H8F3N3. The Bertz CT molecular complexity index is 359. The first-order chi connectivity index (χ1) is 6.49. The predicted molar refractivity (Wildman–Crippen MR) is 44.0 cm³/mol. The highest BCUT2D eigenvalue weighted by Crippen LogP contribution is 2.30. The van der Waals surface area contributed by atoms with E-state index in [-0.39, 0.29) is 18.7 Å². The second-order valence-corrected chi connectivity index (χ2v) is 2.61. The minimum Gasteiger partial charge on any atom is -0.326 e. The average molecular weight is 203 g/mol. The van der Waals surface area contributed by atoms with Gasteiger partial charge in [0.1, 0.15) is 6.54 Å². The summed E-state index contributed by atoms with van der Waals surface area (Å²) in [5.41, 5.74) is 4.14. The lowest BCUT2D eigenvalue weighted by atomic mass is 10.2. The molecule has 0 aliphatic rings. The molecule has 0 atom stereocenters. The Labute approximate surface area is 78.7 Å². The first kappa shape index (κ1) is 10.6. The van der Waals surface area contributed by atoms with E-state index in [1.807, 2.05) is 0 Å². The van der Waals surface area contributed by atoms with Gasteiger partial charge >= 0.3 is 6.18 Å². The zero-order chi connectivity index (χ0) is 10.8. The molecule has 0 aromatic carbocycles. The maximum atomic E-state index is 12.3. The van der Waals surface area contributed by atoms with Crippen LogP contribution in [0.4, 0.5) is 13.2 Å². The molecule has 1 aromatic rings. The van der Waals surface area contributed by atoms with Crippen LogP contribution in [0.5, 0.6) is 0 Å². The van der Waals surface area contributed by atoms with E-state index in [1.54, 1.807) is 0 Å². The van der Waals surface area contributed by atoms with Gasteiger partial charge in [0, 0.05) is 18.3 Å². The van der Waals surface area contributed by atoms with Crippen molar-refractivity contribution in [1.82, 2.24) is 9.78 Å². The number of aromatic nitrogens is 2. The lowest BCUT2D eigenvalue weighted by Gasteiger charge is -2.03. The van der Waals surface area contributed by atoms with E-state index >= 15 is 0 Å². The van der Waals surface area contributed by atoms with Crippen LogP contribution in [0.2, 0.25) is 0 Å². The van der Waals surface area contributed by atoms with Gasteiger partial charge in [-0.1, -0.05) is 5.92 Å². The summed E-state index contributed by atoms with van der Waals surface area (Å²) in [6, 6.07) is 0. The molecule has 0 radical (unpaired) electrons. The van der Waals surface area contributed by atoms with E-state index in [4.69, 9.17) is 12.2 Å². The number of hydrogen-bond donors (Lipinski definition) is 1. The van der Waals surface area contributed by atoms with E-state index in [0.29, 0.717) is 0 Å². The first-order valence-electron chi connectivity index (χ1n) is 3.76. The van der Waals surface area contributed by atoms with Crippen LogP contribution in [0.25, 0.3) is 0 Å². The van der Waals surface area contributed by atoms with Crippen molar-refractivity contribution in [2.24, 2.45) is 5.73 Å². The lowest BCUT2D eigenvalue weighted by molar-refractivity contribution is -0.142. The number of nitrogens with zero attached hydrogens (tertiary/aromatic N) is 2. The van der Waals surface area contributed by atoms with Crippen LogP contribution in [-0.4, -0.2) is 9.78 Å². The van der Waals surface area contributed by atoms with Crippen LogP contribution in [0, 0.1) is 12.3 Å². The Morgan fingerprint density at radius 3 is 2.57 bits per heavy atom. The normalized spacial score (nSPS) is 11.4. The molecule has 1 heterocycles. The number of terminal acetylenes is 1. The van der Waals surface area contributed by atoms with E-state index in [0.717, 1.165) is 4.68 Å². The topological polar surface area (TPSA) is 43.8 Å². The zero-order valence-electron chi connectivity index (χ0n) is 7.17. The maximum Gasteiger partial charge on any atom is 0.435 e. The fourth-order valence-corrected chi connectivity index (χ4v) is 1.03. The molecule has 0 aliphatic carbocycles. The molecule has 6 heteroatoms. The molecule has 0 saturated carbocycles. The van der Waals surface area contributed by atoms with Gasteiger partial charge in [0.05, 0.1) is 0 Å². The van der Waals surface area contributed by atoms with Crippen LogP contribution in [0.1, 0.15) is 11.3 Å². The van der Waals surface area contributed by atoms with Crippen molar-refractivity contribution in [3.63, 3.8) is 0 Å². The number of alkyl halides is 3. The third-order valence-corrected chi connectivity index (χ3v) is 1.58. The molecule has 2 N–H and O–H groups in total. The van der Waals surface area contributed by atoms with Crippen molar-refractivity contribution in [2.75, 3.05) is 0 Å². The Balaban J connectivity index is 3.10. The Hall–Kier alpha value is -1.48. The van der Waals surface area contributed by atoms with Crippen molar-refractivity contribution >= 4 is 0 Å². The zero-order valence-corrected chi connectivity index (χ0v) is 7.17. The fourth-order valence-electron chi connectivity index (χ4n) is 1.03. The molecule has 0 amide bonds. The van der Waals surface area contributed by atoms with E-state index in [2.05, 4.69) is 11.0 Å². The van der Waals surface area contributed by atoms with E-state index in [1.165, 1.54) is 6.20 Å². The molecule has 1 rings (SSSR count). The molecule has 14 heavy (non-hydrogen) atoms. The first-order valence-corrected chi connectivity index (χ1v) is 3.76. The Morgan fingerprint density at radius 2 is 2.21 bits per heavy atom. The monoisotopic (exact) mass is 203 g/mol. The van der Waals surface area contributed by atoms with E-state index < -0.39 is 11.9 Å². The summed E-state index contributed by atoms with van der Waals surface area (Å²) in [6.07, 6.45) is 1.68. The fraction of sp³-hybridized carbons (Fsp3) is 0.375. The SMILES string of the molecule is C#CCn1cc(CN)c(C(F)(F)F)n1. The third kappa shape index (κ3) is 2.06. The second kappa shape index (κ2) is 3.72. The highest BCUT2D eigenvalue weighted by molar-refractivity contribution is 5.20. The number of rotatable bonds is 2. The molecule has 0 fully saturated rings. The molecule has 0 unspecified atom stereocenters. The standard InChI is InChI=1S/C8H8F3N3/c1-2-3-14-5-6(4-12)7(13-14)8(9,10)11/h1,5H,3-4,12H2. The van der Waals surface area contributed by atoms with Crippen LogP contribution >= 0.6 is 0 Å². The van der Waals surface area contributed by atoms with Crippen LogP contribution in [0.3, 0.4) is 0 Å². The van der Waals surface area contributed by atoms with Gasteiger partial charge in [-0.25, -0.2) is 0 Å². The quantitative estimate of drug-likeness (QED) is 0.728. The summed E-state index contributed by atoms with van der Waals surface area (Å²) in [7, 11) is 0. The third-order valence-electron chi connectivity index (χ3n) is 1.58. The van der Waals surface area contributed by atoms with Crippen LogP contribution in [-0.2, 0) is 19.3 Å². The maximum absolute atomic E-state index is 12.3. The molecule has 1 aromatic heterocycles. The molecule has 0 bridgehead atoms. The number of nitrogens with two attached hydrogens (primary N) is 1. The average Bonchev–Trinajstić information content (AvgIpc) is 2.47. The van der Waals surface area contributed by atoms with Crippen LogP contribution in [0.15, 0.2) is 6.20 Å². The summed E-state index contributed by atoms with van der Waals surface area (Å²) < 4.78 is 38.0. The van der Waals surface area contributed by atoms with Gasteiger partial charge in [-0.15, -0.1) is 6.42 Å². The van der Waals surface area contributed by atoms with Gasteiger partial charge in [0.25, 0.3) is 0 Å². The van der Waals surface area contributed by atoms with Gasteiger partial charge in [-0.2, -0.15) is 18.3 Å². The Morgan fingerprint density at radius 1 is 1.57 bits per heavy atom. The minimum absolute atomic E-state index is 0.00306. The summed E-state index contributed by atoms with van der Waals surface area (Å²) in [6.45, 7) is -0.206. The second-order valence-electron chi connectivity index (χ2n) is 2.61. The summed E-state index contributed by atoms with van der Waals surface area (Å²) in [5, 5.41) is 3.31. The largest absolute Gasteiger partial charge is 0.435 e. The molecule has 0 aliphatic heterocycles. The van der Waals surface area contributed by atoms with Crippen molar-refractivity contribution in [1.29, 1.82) is 0 Å². The molecule has 0 saturated heterocycles. The minimum atomic E-state index is -4.48. The number of halogens is 3. The van der Waals surface area contributed by atoms with Gasteiger partial charge in [-0.05, 0) is 0 Å². The smallest absolute Gasteiger partial charge is 0.326 e. The van der Waals surface area contributed by atoms with E-state index in [9.17, 15) is 13.2 Å². The van der Waals surface area contributed by atoms with Gasteiger partial charge in [0.2, 0.25) is 0 Å². The Kier molecular flexibility index (Phi) is 2.81. The molecular weight excluding hydrogens is 195 g/mol. The predicted octanol–water partition coefficient (Wildman–Crippen LogP) is 0.994. The van der Waals surface area contributed by atoms with Crippen molar-refractivity contribution in [2.45, 2.75) is 19.3 Å². The lowest BCUT2D eigenvalue weighted by Crippen LogP contribution is -2.11.